The standard InChI is InChI=1S/C10H12O2.H2/c1-3-8-4-6-9(7-5-8)10(11)12-2;/h4-7H,3H2,1-2H3;1H. The van der Waals surface area contributed by atoms with Crippen LogP contribution in [0.2, 0.25) is 0 Å². The molecule has 0 atom stereocenters. The predicted octanol–water partition coefficient (Wildman–Crippen LogP) is 2.28. The molecular weight excluding hydrogens is 152 g/mol. The molecule has 0 aliphatic carbocycles. The van der Waals surface area contributed by atoms with Crippen LogP contribution < -0.4 is 0 Å². The van der Waals surface area contributed by atoms with Gasteiger partial charge in [0.2, 0.25) is 0 Å². The second-order valence-electron chi connectivity index (χ2n) is 2.54. The van der Waals surface area contributed by atoms with Gasteiger partial charge in [-0.3, -0.25) is 0 Å². The average molecular weight is 166 g/mol. The van der Waals surface area contributed by atoms with Gasteiger partial charge in [-0.1, -0.05) is 19.1 Å². The van der Waals surface area contributed by atoms with Crippen molar-refractivity contribution in [1.82, 2.24) is 0 Å². The van der Waals surface area contributed by atoms with Gasteiger partial charge in [0.1, 0.15) is 0 Å². The third kappa shape index (κ3) is 1.84. The van der Waals surface area contributed by atoms with Crippen molar-refractivity contribution in [2.45, 2.75) is 13.3 Å². The molecule has 0 radical (unpaired) electrons. The fraction of sp³-hybridized carbons (Fsp3) is 0.300. The quantitative estimate of drug-likeness (QED) is 0.630. The summed E-state index contributed by atoms with van der Waals surface area (Å²) in [6.45, 7) is 2.08. The summed E-state index contributed by atoms with van der Waals surface area (Å²) in [5, 5.41) is 0. The van der Waals surface area contributed by atoms with Gasteiger partial charge >= 0.3 is 5.97 Å². The van der Waals surface area contributed by atoms with Crippen LogP contribution in [0.1, 0.15) is 24.3 Å². The Bertz CT molecular complexity index is 267. The molecule has 1 aromatic rings. The number of aryl methyl sites for hydroxylation is 1. The van der Waals surface area contributed by atoms with Gasteiger partial charge in [-0.15, -0.1) is 0 Å². The Morgan fingerprint density at radius 3 is 2.42 bits per heavy atom. The molecule has 1 rings (SSSR count). The molecule has 0 N–H and O–H groups in total. The maximum atomic E-state index is 11.0. The fourth-order valence-corrected chi connectivity index (χ4v) is 0.994. The zero-order valence-electron chi connectivity index (χ0n) is 7.33. The lowest BCUT2D eigenvalue weighted by Crippen LogP contribution is -2.00. The number of benzene rings is 1. The van der Waals surface area contributed by atoms with Crippen molar-refractivity contribution in [1.29, 1.82) is 0 Å². The Morgan fingerprint density at radius 1 is 1.42 bits per heavy atom. The monoisotopic (exact) mass is 166 g/mol. The lowest BCUT2D eigenvalue weighted by Gasteiger charge is -1.99. The van der Waals surface area contributed by atoms with Gasteiger partial charge in [0.25, 0.3) is 0 Å². The summed E-state index contributed by atoms with van der Waals surface area (Å²) in [7, 11) is 1.38. The number of hydrogen-bond acceptors (Lipinski definition) is 2. The third-order valence-corrected chi connectivity index (χ3v) is 1.78. The summed E-state index contributed by atoms with van der Waals surface area (Å²) < 4.78 is 4.57. The molecule has 2 heteroatoms. The van der Waals surface area contributed by atoms with E-state index in [1.807, 2.05) is 12.1 Å². The maximum absolute atomic E-state index is 11.0. The zero-order chi connectivity index (χ0) is 8.97. The van der Waals surface area contributed by atoms with E-state index in [4.69, 9.17) is 0 Å². The number of methoxy groups -OCH3 is 1. The molecule has 0 aliphatic heterocycles. The van der Waals surface area contributed by atoms with Crippen molar-refractivity contribution in [2.75, 3.05) is 7.11 Å². The Kier molecular flexibility index (Phi) is 2.86. The Hall–Kier alpha value is -1.31. The summed E-state index contributed by atoms with van der Waals surface area (Å²) >= 11 is 0. The highest BCUT2D eigenvalue weighted by atomic mass is 16.5. The van der Waals surface area contributed by atoms with Crippen LogP contribution in [-0.2, 0) is 11.2 Å². The number of ether oxygens (including phenoxy) is 1. The Labute approximate surface area is 73.7 Å². The number of carbonyl (C=O) groups excluding carboxylic acids is 1. The molecule has 0 saturated carbocycles. The van der Waals surface area contributed by atoms with Crippen LogP contribution in [0.25, 0.3) is 0 Å². The lowest BCUT2D eigenvalue weighted by atomic mass is 10.1. The van der Waals surface area contributed by atoms with Crippen molar-refractivity contribution in [3.63, 3.8) is 0 Å². The molecule has 12 heavy (non-hydrogen) atoms. The second-order valence-corrected chi connectivity index (χ2v) is 2.54. The molecule has 66 valence electrons. The van der Waals surface area contributed by atoms with E-state index in [2.05, 4.69) is 11.7 Å². The topological polar surface area (TPSA) is 26.3 Å². The van der Waals surface area contributed by atoms with Crippen LogP contribution in [0.15, 0.2) is 24.3 Å². The summed E-state index contributed by atoms with van der Waals surface area (Å²) in [5.74, 6) is -0.280. The molecule has 0 amide bonds. The SMILES string of the molecule is CCc1ccc(C(=O)OC)cc1.[HH]. The Balaban J connectivity index is 0.00000144. The zero-order valence-corrected chi connectivity index (χ0v) is 7.33. The van der Waals surface area contributed by atoms with E-state index in [9.17, 15) is 4.79 Å². The van der Waals surface area contributed by atoms with Gasteiger partial charge in [-0.25, -0.2) is 4.79 Å². The van der Waals surface area contributed by atoms with Crippen molar-refractivity contribution >= 4 is 5.97 Å². The first-order valence-corrected chi connectivity index (χ1v) is 3.95. The minimum Gasteiger partial charge on any atom is -0.465 e. The Morgan fingerprint density at radius 2 is 2.00 bits per heavy atom. The van der Waals surface area contributed by atoms with E-state index >= 15 is 0 Å². The largest absolute Gasteiger partial charge is 0.465 e. The number of hydrogen-bond donors (Lipinski definition) is 0. The van der Waals surface area contributed by atoms with Gasteiger partial charge in [-0.2, -0.15) is 0 Å². The van der Waals surface area contributed by atoms with Crippen molar-refractivity contribution in [3.05, 3.63) is 35.4 Å². The normalized spacial score (nSPS) is 9.50. The summed E-state index contributed by atoms with van der Waals surface area (Å²) in [6, 6.07) is 7.44. The van der Waals surface area contributed by atoms with E-state index < -0.39 is 0 Å². The van der Waals surface area contributed by atoms with Gasteiger partial charge < -0.3 is 4.74 Å². The van der Waals surface area contributed by atoms with E-state index in [1.165, 1.54) is 12.7 Å². The fourth-order valence-electron chi connectivity index (χ4n) is 0.994. The first-order chi connectivity index (χ1) is 5.77. The molecular formula is C10H14O2. The molecule has 1 aromatic carbocycles. The molecule has 0 aromatic heterocycles. The van der Waals surface area contributed by atoms with Gasteiger partial charge in [0.05, 0.1) is 12.7 Å². The minimum atomic E-state index is -0.280. The maximum Gasteiger partial charge on any atom is 0.337 e. The van der Waals surface area contributed by atoms with Gasteiger partial charge in [0, 0.05) is 1.43 Å². The van der Waals surface area contributed by atoms with Crippen LogP contribution in [0, 0.1) is 0 Å². The highest BCUT2D eigenvalue weighted by Crippen LogP contribution is 2.05. The van der Waals surface area contributed by atoms with Crippen LogP contribution >= 0.6 is 0 Å². The highest BCUT2D eigenvalue weighted by Gasteiger charge is 2.02. The summed E-state index contributed by atoms with van der Waals surface area (Å²) in [6.07, 6.45) is 0.988. The lowest BCUT2D eigenvalue weighted by molar-refractivity contribution is 0.0601. The smallest absolute Gasteiger partial charge is 0.337 e. The summed E-state index contributed by atoms with van der Waals surface area (Å²) in [4.78, 5) is 11.0. The molecule has 0 bridgehead atoms. The molecule has 0 heterocycles. The first kappa shape index (κ1) is 8.78. The van der Waals surface area contributed by atoms with Gasteiger partial charge in [0.15, 0.2) is 0 Å². The van der Waals surface area contributed by atoms with Crippen LogP contribution in [-0.4, -0.2) is 13.1 Å². The van der Waals surface area contributed by atoms with E-state index in [0.29, 0.717) is 5.56 Å². The van der Waals surface area contributed by atoms with Crippen molar-refractivity contribution in [3.8, 4) is 0 Å². The third-order valence-electron chi connectivity index (χ3n) is 1.78. The molecule has 2 nitrogen and oxygen atoms in total. The van der Waals surface area contributed by atoms with Crippen LogP contribution in [0.3, 0.4) is 0 Å². The molecule has 0 saturated heterocycles. The van der Waals surface area contributed by atoms with Crippen molar-refractivity contribution in [2.24, 2.45) is 0 Å². The first-order valence-electron chi connectivity index (χ1n) is 3.95. The molecule has 0 spiro atoms. The second kappa shape index (κ2) is 3.90. The number of carbonyl (C=O) groups is 1. The number of esters is 1. The summed E-state index contributed by atoms with van der Waals surface area (Å²) in [5.41, 5.74) is 1.83. The van der Waals surface area contributed by atoms with Crippen LogP contribution in [0.4, 0.5) is 0 Å². The molecule has 0 aliphatic rings. The minimum absolute atomic E-state index is 0. The van der Waals surface area contributed by atoms with Gasteiger partial charge in [-0.05, 0) is 24.1 Å². The molecule has 0 fully saturated rings. The average Bonchev–Trinajstić information content (AvgIpc) is 2.17. The van der Waals surface area contributed by atoms with Crippen LogP contribution in [0.5, 0.6) is 0 Å². The predicted molar refractivity (Wildman–Crippen MR) is 49.3 cm³/mol. The highest BCUT2D eigenvalue weighted by molar-refractivity contribution is 5.89. The number of rotatable bonds is 2. The van der Waals surface area contributed by atoms with Crippen molar-refractivity contribution < 1.29 is 11.0 Å². The van der Waals surface area contributed by atoms with E-state index in [1.54, 1.807) is 12.1 Å². The van der Waals surface area contributed by atoms with E-state index in [-0.39, 0.29) is 7.40 Å². The van der Waals surface area contributed by atoms with E-state index in [0.717, 1.165) is 6.42 Å². The molecule has 0 unspecified atom stereocenters.